The summed E-state index contributed by atoms with van der Waals surface area (Å²) in [6.45, 7) is 0. The second-order valence-electron chi connectivity index (χ2n) is 15.7. The Morgan fingerprint density at radius 2 is 0.629 bits per heavy atom. The summed E-state index contributed by atoms with van der Waals surface area (Å²) in [6, 6.07) is 90.2. The van der Waals surface area contributed by atoms with Gasteiger partial charge in [0.25, 0.3) is 0 Å². The van der Waals surface area contributed by atoms with Gasteiger partial charge in [0.2, 0.25) is 0 Å². The highest BCUT2D eigenvalue weighted by atomic mass is 32.1. The molecule has 0 unspecified atom stereocenters. The molecule has 0 amide bonds. The van der Waals surface area contributed by atoms with E-state index in [2.05, 4.69) is 254 Å². The minimum atomic E-state index is 1.09. The molecule has 0 N–H and O–H groups in total. The Kier molecular flexibility index (Phi) is 9.82. The molecule has 0 atom stereocenters. The summed E-state index contributed by atoms with van der Waals surface area (Å²) < 4.78 is 2.66. The number of nitrogens with zero attached hydrogens (tertiary/aromatic N) is 1. The predicted octanol–water partition coefficient (Wildman–Crippen LogP) is 17.5. The standard InChI is InChI=1S/C60H41NS/c1-4-13-42(14-5-1)45-27-34-51(35-28-45)61(52-36-29-46(30-37-52)43-15-6-2-7-16-43)53-38-31-49(32-39-53)58-41-50(44-17-8-3-9-18-44)33-40-54(58)47-23-25-48(26-24-47)55-20-12-21-57-56-19-10-11-22-59(56)62-60(55)57/h1-41H. The molecular weight excluding hydrogens is 767 g/mol. The molecule has 0 radical (unpaired) electrons. The van der Waals surface area contributed by atoms with Crippen LogP contribution in [0.25, 0.3) is 86.9 Å². The Hall–Kier alpha value is -7.78. The van der Waals surface area contributed by atoms with E-state index in [1.54, 1.807) is 0 Å². The van der Waals surface area contributed by atoms with Crippen LogP contribution in [0.2, 0.25) is 0 Å². The average Bonchev–Trinajstić information content (AvgIpc) is 3.75. The lowest BCUT2D eigenvalue weighted by atomic mass is 9.90. The molecule has 0 saturated heterocycles. The van der Waals surface area contributed by atoms with Crippen molar-refractivity contribution < 1.29 is 0 Å². The number of thiophene rings is 1. The first-order chi connectivity index (χ1) is 30.7. The summed E-state index contributed by atoms with van der Waals surface area (Å²) in [4.78, 5) is 2.35. The molecule has 0 fully saturated rings. The maximum Gasteiger partial charge on any atom is 0.0462 e. The molecule has 0 aliphatic heterocycles. The van der Waals surface area contributed by atoms with Crippen LogP contribution in [0.1, 0.15) is 0 Å². The Balaban J connectivity index is 0.980. The van der Waals surface area contributed by atoms with E-state index in [4.69, 9.17) is 0 Å². The lowest BCUT2D eigenvalue weighted by molar-refractivity contribution is 1.28. The smallest absolute Gasteiger partial charge is 0.0462 e. The normalized spacial score (nSPS) is 11.2. The quantitative estimate of drug-likeness (QED) is 0.140. The van der Waals surface area contributed by atoms with Crippen LogP contribution in [0, 0.1) is 0 Å². The Morgan fingerprint density at radius 1 is 0.242 bits per heavy atom. The largest absolute Gasteiger partial charge is 0.311 e. The van der Waals surface area contributed by atoms with Gasteiger partial charge in [0.05, 0.1) is 0 Å². The van der Waals surface area contributed by atoms with Gasteiger partial charge >= 0.3 is 0 Å². The molecule has 62 heavy (non-hydrogen) atoms. The van der Waals surface area contributed by atoms with Crippen LogP contribution in [-0.2, 0) is 0 Å². The molecule has 1 aromatic heterocycles. The average molecular weight is 808 g/mol. The van der Waals surface area contributed by atoms with Gasteiger partial charge in [-0.05, 0) is 115 Å². The summed E-state index contributed by atoms with van der Waals surface area (Å²) in [5, 5.41) is 2.64. The molecule has 0 aliphatic rings. The van der Waals surface area contributed by atoms with Gasteiger partial charge in [0.1, 0.15) is 0 Å². The molecule has 1 heterocycles. The van der Waals surface area contributed by atoms with Gasteiger partial charge in [-0.2, -0.15) is 0 Å². The molecule has 11 rings (SSSR count). The van der Waals surface area contributed by atoms with Gasteiger partial charge in [0, 0.05) is 37.2 Å². The second-order valence-corrected chi connectivity index (χ2v) is 16.7. The van der Waals surface area contributed by atoms with Gasteiger partial charge < -0.3 is 4.90 Å². The van der Waals surface area contributed by atoms with Gasteiger partial charge in [-0.3, -0.25) is 0 Å². The van der Waals surface area contributed by atoms with Crippen LogP contribution in [-0.4, -0.2) is 0 Å². The maximum absolute atomic E-state index is 2.36. The Bertz CT molecular complexity index is 3200. The van der Waals surface area contributed by atoms with Crippen LogP contribution in [0.3, 0.4) is 0 Å². The van der Waals surface area contributed by atoms with E-state index in [1.807, 2.05) is 11.3 Å². The monoisotopic (exact) mass is 807 g/mol. The van der Waals surface area contributed by atoms with Crippen LogP contribution in [0.4, 0.5) is 17.1 Å². The van der Waals surface area contributed by atoms with Gasteiger partial charge in [-0.1, -0.05) is 200 Å². The van der Waals surface area contributed by atoms with E-state index in [0.717, 1.165) is 17.1 Å². The lowest BCUT2D eigenvalue weighted by Gasteiger charge is -2.26. The fourth-order valence-corrected chi connectivity index (χ4v) is 9.99. The maximum atomic E-state index is 2.36. The topological polar surface area (TPSA) is 3.24 Å². The molecule has 0 bridgehead atoms. The second kappa shape index (κ2) is 16.3. The lowest BCUT2D eigenvalue weighted by Crippen LogP contribution is -2.09. The van der Waals surface area contributed by atoms with E-state index in [-0.39, 0.29) is 0 Å². The minimum absolute atomic E-state index is 1.09. The zero-order valence-electron chi connectivity index (χ0n) is 34.0. The van der Waals surface area contributed by atoms with Crippen LogP contribution >= 0.6 is 11.3 Å². The van der Waals surface area contributed by atoms with E-state index < -0.39 is 0 Å². The van der Waals surface area contributed by atoms with E-state index in [1.165, 1.54) is 86.9 Å². The van der Waals surface area contributed by atoms with Crippen molar-refractivity contribution in [1.82, 2.24) is 0 Å². The van der Waals surface area contributed by atoms with Crippen molar-refractivity contribution in [2.75, 3.05) is 4.90 Å². The number of anilines is 3. The number of hydrogen-bond donors (Lipinski definition) is 0. The highest BCUT2D eigenvalue weighted by Crippen LogP contribution is 2.43. The highest BCUT2D eigenvalue weighted by Gasteiger charge is 2.17. The van der Waals surface area contributed by atoms with Crippen molar-refractivity contribution in [1.29, 1.82) is 0 Å². The Labute approximate surface area is 367 Å². The van der Waals surface area contributed by atoms with Crippen molar-refractivity contribution in [3.05, 3.63) is 249 Å². The minimum Gasteiger partial charge on any atom is -0.311 e. The fraction of sp³-hybridized carbons (Fsp3) is 0. The number of benzene rings is 10. The molecule has 10 aromatic carbocycles. The molecule has 0 saturated carbocycles. The zero-order valence-corrected chi connectivity index (χ0v) is 34.8. The van der Waals surface area contributed by atoms with E-state index in [9.17, 15) is 0 Å². The predicted molar refractivity (Wildman–Crippen MR) is 267 cm³/mol. The summed E-state index contributed by atoms with van der Waals surface area (Å²) in [5.74, 6) is 0. The third-order valence-electron chi connectivity index (χ3n) is 11.9. The summed E-state index contributed by atoms with van der Waals surface area (Å²) in [7, 11) is 0. The SMILES string of the molecule is c1ccc(-c2ccc(N(c3ccc(-c4ccccc4)cc3)c3ccc(-c4cc(-c5ccccc5)ccc4-c4ccc(-c5cccc6c5sc5ccccc56)cc4)cc3)cc2)cc1. The number of hydrogen-bond acceptors (Lipinski definition) is 2. The first-order valence-corrected chi connectivity index (χ1v) is 22.0. The van der Waals surface area contributed by atoms with Crippen molar-refractivity contribution in [3.63, 3.8) is 0 Å². The Morgan fingerprint density at radius 3 is 1.18 bits per heavy atom. The van der Waals surface area contributed by atoms with Crippen molar-refractivity contribution >= 4 is 48.6 Å². The van der Waals surface area contributed by atoms with Gasteiger partial charge in [-0.25, -0.2) is 0 Å². The van der Waals surface area contributed by atoms with Crippen LogP contribution < -0.4 is 4.90 Å². The van der Waals surface area contributed by atoms with E-state index >= 15 is 0 Å². The van der Waals surface area contributed by atoms with Crippen molar-refractivity contribution in [3.8, 4) is 66.8 Å². The van der Waals surface area contributed by atoms with Crippen molar-refractivity contribution in [2.45, 2.75) is 0 Å². The summed E-state index contributed by atoms with van der Waals surface area (Å²) in [6.07, 6.45) is 0. The highest BCUT2D eigenvalue weighted by molar-refractivity contribution is 7.26. The third-order valence-corrected chi connectivity index (χ3v) is 13.2. The van der Waals surface area contributed by atoms with Gasteiger partial charge in [0.15, 0.2) is 0 Å². The zero-order chi connectivity index (χ0) is 41.2. The van der Waals surface area contributed by atoms with Gasteiger partial charge in [-0.15, -0.1) is 11.3 Å². The third kappa shape index (κ3) is 7.17. The molecule has 0 aliphatic carbocycles. The summed E-state index contributed by atoms with van der Waals surface area (Å²) >= 11 is 1.88. The van der Waals surface area contributed by atoms with Crippen molar-refractivity contribution in [2.24, 2.45) is 0 Å². The summed E-state index contributed by atoms with van der Waals surface area (Å²) in [5.41, 5.74) is 17.8. The van der Waals surface area contributed by atoms with E-state index in [0.29, 0.717) is 0 Å². The molecule has 2 heteroatoms. The first-order valence-electron chi connectivity index (χ1n) is 21.2. The molecule has 292 valence electrons. The fourth-order valence-electron chi connectivity index (χ4n) is 8.75. The first kappa shape index (κ1) is 37.2. The van der Waals surface area contributed by atoms with Crippen LogP contribution in [0.5, 0.6) is 0 Å². The number of rotatable bonds is 9. The molecule has 11 aromatic rings. The molecule has 1 nitrogen and oxygen atoms in total. The molecular formula is C60H41NS. The molecule has 0 spiro atoms. The number of fused-ring (bicyclic) bond motifs is 3. The van der Waals surface area contributed by atoms with Crippen LogP contribution in [0.15, 0.2) is 249 Å².